The van der Waals surface area contributed by atoms with Gasteiger partial charge in [-0.3, -0.25) is 0 Å². The van der Waals surface area contributed by atoms with Crippen LogP contribution < -0.4 is 9.47 Å². The van der Waals surface area contributed by atoms with Gasteiger partial charge in [0, 0.05) is 4.47 Å². The molecule has 0 fully saturated rings. The molecule has 20 heavy (non-hydrogen) atoms. The quantitative estimate of drug-likeness (QED) is 0.921. The van der Waals surface area contributed by atoms with Gasteiger partial charge in [-0.2, -0.15) is 0 Å². The first-order valence-electron chi connectivity index (χ1n) is 5.82. The summed E-state index contributed by atoms with van der Waals surface area (Å²) in [5, 5.41) is 9.30. The number of hydrogen-bond acceptors (Lipinski definition) is 3. The summed E-state index contributed by atoms with van der Waals surface area (Å²) in [6, 6.07) is 10.5. The SMILES string of the molecule is COc1ccc(-c2ccc(Br)cc2C(=O)O)cc1OC. The summed E-state index contributed by atoms with van der Waals surface area (Å²) in [5.74, 6) is 0.186. The van der Waals surface area contributed by atoms with E-state index in [2.05, 4.69) is 15.9 Å². The Hall–Kier alpha value is -2.01. The van der Waals surface area contributed by atoms with E-state index < -0.39 is 5.97 Å². The standard InChI is InChI=1S/C15H13BrO4/c1-19-13-6-3-9(7-14(13)20-2)11-5-4-10(16)8-12(11)15(17)18/h3-8H,1-2H3,(H,17,18). The lowest BCUT2D eigenvalue weighted by Gasteiger charge is -2.11. The number of carbonyl (C=O) groups is 1. The van der Waals surface area contributed by atoms with Crippen molar-refractivity contribution in [3.8, 4) is 22.6 Å². The van der Waals surface area contributed by atoms with Gasteiger partial charge in [-0.25, -0.2) is 4.79 Å². The van der Waals surface area contributed by atoms with Crippen LogP contribution in [0, 0.1) is 0 Å². The number of ether oxygens (including phenoxy) is 2. The zero-order valence-electron chi connectivity index (χ0n) is 11.0. The first-order valence-corrected chi connectivity index (χ1v) is 6.61. The van der Waals surface area contributed by atoms with Gasteiger partial charge in [0.15, 0.2) is 11.5 Å². The Balaban J connectivity index is 2.59. The molecular weight excluding hydrogens is 324 g/mol. The van der Waals surface area contributed by atoms with Gasteiger partial charge in [-0.05, 0) is 35.4 Å². The van der Waals surface area contributed by atoms with E-state index in [4.69, 9.17) is 9.47 Å². The summed E-state index contributed by atoms with van der Waals surface area (Å²) in [6.45, 7) is 0. The minimum atomic E-state index is -0.976. The maximum atomic E-state index is 11.3. The Morgan fingerprint density at radius 2 is 1.75 bits per heavy atom. The second-order valence-electron chi connectivity index (χ2n) is 4.06. The van der Waals surface area contributed by atoms with E-state index in [0.717, 1.165) is 10.0 Å². The van der Waals surface area contributed by atoms with Crippen molar-refractivity contribution >= 4 is 21.9 Å². The topological polar surface area (TPSA) is 55.8 Å². The summed E-state index contributed by atoms with van der Waals surface area (Å²) in [4.78, 5) is 11.3. The van der Waals surface area contributed by atoms with E-state index >= 15 is 0 Å². The lowest BCUT2D eigenvalue weighted by Crippen LogP contribution is -2.00. The minimum absolute atomic E-state index is 0.228. The molecule has 4 nitrogen and oxygen atoms in total. The molecule has 0 spiro atoms. The van der Waals surface area contributed by atoms with Crippen LogP contribution in [0.3, 0.4) is 0 Å². The molecule has 0 unspecified atom stereocenters. The predicted molar refractivity (Wildman–Crippen MR) is 79.6 cm³/mol. The van der Waals surface area contributed by atoms with Gasteiger partial charge in [0.1, 0.15) is 0 Å². The van der Waals surface area contributed by atoms with E-state index in [9.17, 15) is 9.90 Å². The molecule has 5 heteroatoms. The molecule has 1 N–H and O–H groups in total. The summed E-state index contributed by atoms with van der Waals surface area (Å²) in [6.07, 6.45) is 0. The highest BCUT2D eigenvalue weighted by molar-refractivity contribution is 9.10. The molecule has 0 saturated carbocycles. The number of benzene rings is 2. The molecule has 0 bridgehead atoms. The molecule has 2 aromatic rings. The molecule has 0 atom stereocenters. The van der Waals surface area contributed by atoms with Crippen LogP contribution in [-0.2, 0) is 0 Å². The molecule has 0 saturated heterocycles. The van der Waals surface area contributed by atoms with E-state index in [1.807, 2.05) is 0 Å². The lowest BCUT2D eigenvalue weighted by molar-refractivity contribution is 0.0697. The van der Waals surface area contributed by atoms with Crippen molar-refractivity contribution in [2.24, 2.45) is 0 Å². The number of hydrogen-bond donors (Lipinski definition) is 1. The summed E-state index contributed by atoms with van der Waals surface area (Å²) in [5.41, 5.74) is 1.61. The Bertz CT molecular complexity index is 652. The zero-order valence-corrected chi connectivity index (χ0v) is 12.6. The number of aromatic carboxylic acids is 1. The molecule has 0 aliphatic carbocycles. The largest absolute Gasteiger partial charge is 0.493 e. The van der Waals surface area contributed by atoms with E-state index in [1.165, 1.54) is 0 Å². The highest BCUT2D eigenvalue weighted by Crippen LogP contribution is 2.34. The molecule has 0 radical (unpaired) electrons. The fourth-order valence-electron chi connectivity index (χ4n) is 1.95. The van der Waals surface area contributed by atoms with Crippen LogP contribution in [0.15, 0.2) is 40.9 Å². The molecule has 0 heterocycles. The Labute approximate surface area is 125 Å². The van der Waals surface area contributed by atoms with Crippen LogP contribution >= 0.6 is 15.9 Å². The lowest BCUT2D eigenvalue weighted by atomic mass is 9.99. The highest BCUT2D eigenvalue weighted by Gasteiger charge is 2.14. The molecule has 2 aromatic carbocycles. The van der Waals surface area contributed by atoms with Crippen LogP contribution in [0.25, 0.3) is 11.1 Å². The molecule has 0 amide bonds. The second-order valence-corrected chi connectivity index (χ2v) is 4.98. The number of carboxylic acids is 1. The number of rotatable bonds is 4. The Morgan fingerprint density at radius 1 is 1.05 bits per heavy atom. The first kappa shape index (κ1) is 14.4. The van der Waals surface area contributed by atoms with Crippen molar-refractivity contribution in [1.82, 2.24) is 0 Å². The number of carboxylic acid groups (broad SMARTS) is 1. The van der Waals surface area contributed by atoms with Gasteiger partial charge in [0.05, 0.1) is 19.8 Å². The van der Waals surface area contributed by atoms with Crippen molar-refractivity contribution in [3.63, 3.8) is 0 Å². The fourth-order valence-corrected chi connectivity index (χ4v) is 2.31. The average molecular weight is 337 g/mol. The maximum Gasteiger partial charge on any atom is 0.336 e. The van der Waals surface area contributed by atoms with E-state index in [0.29, 0.717) is 17.1 Å². The third-order valence-electron chi connectivity index (χ3n) is 2.91. The van der Waals surface area contributed by atoms with Crippen molar-refractivity contribution in [2.75, 3.05) is 14.2 Å². The second kappa shape index (κ2) is 5.96. The van der Waals surface area contributed by atoms with Crippen LogP contribution in [-0.4, -0.2) is 25.3 Å². The molecular formula is C15H13BrO4. The molecule has 2 rings (SSSR count). The summed E-state index contributed by atoms with van der Waals surface area (Å²) >= 11 is 3.28. The summed E-state index contributed by atoms with van der Waals surface area (Å²) in [7, 11) is 3.10. The molecule has 0 aromatic heterocycles. The smallest absolute Gasteiger partial charge is 0.336 e. The summed E-state index contributed by atoms with van der Waals surface area (Å²) < 4.78 is 11.1. The van der Waals surface area contributed by atoms with E-state index in [1.54, 1.807) is 50.6 Å². The van der Waals surface area contributed by atoms with Crippen molar-refractivity contribution in [3.05, 3.63) is 46.4 Å². The monoisotopic (exact) mass is 336 g/mol. The van der Waals surface area contributed by atoms with Crippen molar-refractivity contribution < 1.29 is 19.4 Å². The minimum Gasteiger partial charge on any atom is -0.493 e. The number of halogens is 1. The van der Waals surface area contributed by atoms with Crippen LogP contribution in [0.2, 0.25) is 0 Å². The molecule has 104 valence electrons. The van der Waals surface area contributed by atoms with Gasteiger partial charge >= 0.3 is 5.97 Å². The highest BCUT2D eigenvalue weighted by atomic mass is 79.9. The number of methoxy groups -OCH3 is 2. The average Bonchev–Trinajstić information content (AvgIpc) is 2.46. The van der Waals surface area contributed by atoms with Gasteiger partial charge < -0.3 is 14.6 Å². The molecule has 0 aliphatic heterocycles. The zero-order chi connectivity index (χ0) is 14.7. The Kier molecular flexibility index (Phi) is 4.29. The van der Waals surface area contributed by atoms with Gasteiger partial charge in [0.25, 0.3) is 0 Å². The van der Waals surface area contributed by atoms with Crippen molar-refractivity contribution in [1.29, 1.82) is 0 Å². The normalized spacial score (nSPS) is 10.2. The van der Waals surface area contributed by atoms with Crippen LogP contribution in [0.4, 0.5) is 0 Å². The third-order valence-corrected chi connectivity index (χ3v) is 3.40. The van der Waals surface area contributed by atoms with Gasteiger partial charge in [0.2, 0.25) is 0 Å². The first-order chi connectivity index (χ1) is 9.56. The van der Waals surface area contributed by atoms with Gasteiger partial charge in [-0.1, -0.05) is 28.1 Å². The molecule has 0 aliphatic rings. The van der Waals surface area contributed by atoms with Crippen LogP contribution in [0.1, 0.15) is 10.4 Å². The van der Waals surface area contributed by atoms with Gasteiger partial charge in [-0.15, -0.1) is 0 Å². The predicted octanol–water partition coefficient (Wildman–Crippen LogP) is 3.83. The fraction of sp³-hybridized carbons (Fsp3) is 0.133. The van der Waals surface area contributed by atoms with E-state index in [-0.39, 0.29) is 5.56 Å². The Morgan fingerprint density at radius 3 is 2.35 bits per heavy atom. The maximum absolute atomic E-state index is 11.3. The van der Waals surface area contributed by atoms with Crippen molar-refractivity contribution in [2.45, 2.75) is 0 Å². The third kappa shape index (κ3) is 2.77. The van der Waals surface area contributed by atoms with Crippen LogP contribution in [0.5, 0.6) is 11.5 Å².